The summed E-state index contributed by atoms with van der Waals surface area (Å²) in [6.07, 6.45) is 0.832. The van der Waals surface area contributed by atoms with Crippen molar-refractivity contribution < 1.29 is 0 Å². The Balaban J connectivity index is 2.30. The van der Waals surface area contributed by atoms with Gasteiger partial charge in [-0.05, 0) is 43.9 Å². The van der Waals surface area contributed by atoms with Gasteiger partial charge < -0.3 is 0 Å². The van der Waals surface area contributed by atoms with Gasteiger partial charge in [0.15, 0.2) is 0 Å². The zero-order valence-corrected chi connectivity index (χ0v) is 12.5. The summed E-state index contributed by atoms with van der Waals surface area (Å²) in [4.78, 5) is 12.4. The van der Waals surface area contributed by atoms with E-state index in [0.29, 0.717) is 0 Å². The molecule has 1 heterocycles. The maximum absolute atomic E-state index is 12.4. The minimum Gasteiger partial charge on any atom is -0.295 e. The van der Waals surface area contributed by atoms with Crippen molar-refractivity contribution >= 4 is 11.8 Å². The van der Waals surface area contributed by atoms with E-state index >= 15 is 0 Å². The van der Waals surface area contributed by atoms with E-state index in [2.05, 4.69) is 12.0 Å². The van der Waals surface area contributed by atoms with E-state index in [-0.39, 0.29) is 5.56 Å². The zero-order valence-electron chi connectivity index (χ0n) is 11.7. The summed E-state index contributed by atoms with van der Waals surface area (Å²) in [5.74, 6) is 2.09. The lowest BCUT2D eigenvalue weighted by molar-refractivity contribution is 0.834. The summed E-state index contributed by atoms with van der Waals surface area (Å²) in [6, 6.07) is 7.98. The molecule has 0 unspecified atom stereocenters. The molecule has 0 atom stereocenters. The first kappa shape index (κ1) is 14.0. The van der Waals surface area contributed by atoms with E-state index in [0.717, 1.165) is 34.9 Å². The quantitative estimate of drug-likeness (QED) is 0.852. The van der Waals surface area contributed by atoms with Gasteiger partial charge in [-0.25, -0.2) is 4.68 Å². The van der Waals surface area contributed by atoms with Crippen molar-refractivity contribution in [2.45, 2.75) is 27.2 Å². The van der Waals surface area contributed by atoms with Crippen LogP contribution in [-0.4, -0.2) is 21.3 Å². The molecule has 1 N–H and O–H groups in total. The molecule has 0 bridgehead atoms. The SMILES string of the molecule is CCSCCc1c(C)[nH]n(-c2ccc(C)cc2)c1=O. The first-order valence-corrected chi connectivity index (χ1v) is 7.74. The lowest BCUT2D eigenvalue weighted by Crippen LogP contribution is -2.17. The maximum Gasteiger partial charge on any atom is 0.274 e. The molecule has 3 nitrogen and oxygen atoms in total. The Morgan fingerprint density at radius 2 is 1.89 bits per heavy atom. The molecule has 0 saturated carbocycles. The molecule has 2 aromatic rings. The van der Waals surface area contributed by atoms with Gasteiger partial charge in [0.1, 0.15) is 0 Å². The van der Waals surface area contributed by atoms with Crippen LogP contribution in [0.2, 0.25) is 0 Å². The van der Waals surface area contributed by atoms with Crippen molar-refractivity contribution in [3.05, 3.63) is 51.4 Å². The number of nitrogens with one attached hydrogen (secondary N) is 1. The molecular formula is C15H20N2OS. The van der Waals surface area contributed by atoms with Crippen molar-refractivity contribution in [2.24, 2.45) is 0 Å². The lowest BCUT2D eigenvalue weighted by Gasteiger charge is -2.01. The van der Waals surface area contributed by atoms with Crippen LogP contribution in [0.4, 0.5) is 0 Å². The van der Waals surface area contributed by atoms with Gasteiger partial charge >= 0.3 is 0 Å². The Labute approximate surface area is 118 Å². The minimum absolute atomic E-state index is 0.0815. The number of hydrogen-bond donors (Lipinski definition) is 1. The van der Waals surface area contributed by atoms with Crippen LogP contribution < -0.4 is 5.56 Å². The highest BCUT2D eigenvalue weighted by molar-refractivity contribution is 7.99. The minimum atomic E-state index is 0.0815. The second-order valence-corrected chi connectivity index (χ2v) is 6.03. The molecule has 19 heavy (non-hydrogen) atoms. The van der Waals surface area contributed by atoms with Crippen LogP contribution in [0.25, 0.3) is 5.69 Å². The van der Waals surface area contributed by atoms with Gasteiger partial charge in [0.2, 0.25) is 0 Å². The number of aryl methyl sites for hydroxylation is 2. The molecule has 0 amide bonds. The number of rotatable bonds is 5. The molecular weight excluding hydrogens is 256 g/mol. The number of aromatic amines is 1. The standard InChI is InChI=1S/C15H20N2OS/c1-4-19-10-9-14-12(3)16-17(15(14)18)13-7-5-11(2)6-8-13/h5-8,16H,4,9-10H2,1-3H3. The molecule has 1 aromatic carbocycles. The highest BCUT2D eigenvalue weighted by Gasteiger charge is 2.11. The summed E-state index contributed by atoms with van der Waals surface area (Å²) in [5, 5.41) is 3.17. The van der Waals surface area contributed by atoms with E-state index in [9.17, 15) is 4.79 Å². The summed E-state index contributed by atoms with van der Waals surface area (Å²) in [6.45, 7) is 6.15. The summed E-state index contributed by atoms with van der Waals surface area (Å²) in [7, 11) is 0. The third-order valence-electron chi connectivity index (χ3n) is 3.19. The van der Waals surface area contributed by atoms with E-state index in [1.54, 1.807) is 4.68 Å². The fraction of sp³-hybridized carbons (Fsp3) is 0.400. The smallest absolute Gasteiger partial charge is 0.274 e. The van der Waals surface area contributed by atoms with E-state index < -0.39 is 0 Å². The molecule has 0 spiro atoms. The van der Waals surface area contributed by atoms with Crippen molar-refractivity contribution in [1.29, 1.82) is 0 Å². The zero-order chi connectivity index (χ0) is 13.8. The Bertz CT molecular complexity index is 596. The second-order valence-electron chi connectivity index (χ2n) is 4.64. The monoisotopic (exact) mass is 276 g/mol. The molecule has 0 aliphatic carbocycles. The number of aromatic nitrogens is 2. The Kier molecular flexibility index (Phi) is 4.53. The van der Waals surface area contributed by atoms with E-state index in [1.165, 1.54) is 5.56 Å². The van der Waals surface area contributed by atoms with Gasteiger partial charge in [0.05, 0.1) is 5.69 Å². The first-order chi connectivity index (χ1) is 9.13. The predicted octanol–water partition coefficient (Wildman–Crippen LogP) is 3.08. The average molecular weight is 276 g/mol. The predicted molar refractivity (Wildman–Crippen MR) is 82.6 cm³/mol. The van der Waals surface area contributed by atoms with Gasteiger partial charge in [0, 0.05) is 11.3 Å². The van der Waals surface area contributed by atoms with Crippen LogP contribution in [0, 0.1) is 13.8 Å². The molecule has 0 aliphatic heterocycles. The Morgan fingerprint density at radius 3 is 2.53 bits per heavy atom. The van der Waals surface area contributed by atoms with Gasteiger partial charge in [-0.2, -0.15) is 11.8 Å². The van der Waals surface area contributed by atoms with Crippen LogP contribution in [0.1, 0.15) is 23.7 Å². The molecule has 0 radical (unpaired) electrons. The van der Waals surface area contributed by atoms with Crippen molar-refractivity contribution in [2.75, 3.05) is 11.5 Å². The fourth-order valence-corrected chi connectivity index (χ4v) is 2.71. The molecule has 2 rings (SSSR count). The molecule has 0 saturated heterocycles. The number of nitrogens with zero attached hydrogens (tertiary/aromatic N) is 1. The number of H-pyrrole nitrogens is 1. The molecule has 102 valence electrons. The second kappa shape index (κ2) is 6.15. The molecule has 4 heteroatoms. The van der Waals surface area contributed by atoms with E-state index in [4.69, 9.17) is 0 Å². The van der Waals surface area contributed by atoms with Gasteiger partial charge in [0.25, 0.3) is 5.56 Å². The van der Waals surface area contributed by atoms with E-state index in [1.807, 2.05) is 49.9 Å². The third kappa shape index (κ3) is 3.13. The fourth-order valence-electron chi connectivity index (χ4n) is 2.07. The molecule has 0 aliphatic rings. The summed E-state index contributed by atoms with van der Waals surface area (Å²) in [5.41, 5.74) is 4.05. The maximum atomic E-state index is 12.4. The topological polar surface area (TPSA) is 37.8 Å². The largest absolute Gasteiger partial charge is 0.295 e. The number of hydrogen-bond acceptors (Lipinski definition) is 2. The first-order valence-electron chi connectivity index (χ1n) is 6.58. The van der Waals surface area contributed by atoms with Crippen LogP contribution in [0.3, 0.4) is 0 Å². The molecule has 0 fully saturated rings. The highest BCUT2D eigenvalue weighted by Crippen LogP contribution is 2.11. The third-order valence-corrected chi connectivity index (χ3v) is 4.09. The van der Waals surface area contributed by atoms with Crippen molar-refractivity contribution in [3.8, 4) is 5.69 Å². The average Bonchev–Trinajstić information content (AvgIpc) is 2.68. The summed E-state index contributed by atoms with van der Waals surface area (Å²) >= 11 is 1.87. The normalized spacial score (nSPS) is 10.9. The number of benzene rings is 1. The molecule has 1 aromatic heterocycles. The Hall–Kier alpha value is -1.42. The van der Waals surface area contributed by atoms with Gasteiger partial charge in [-0.1, -0.05) is 24.6 Å². The van der Waals surface area contributed by atoms with Crippen molar-refractivity contribution in [1.82, 2.24) is 9.78 Å². The van der Waals surface area contributed by atoms with Gasteiger partial charge in [-0.15, -0.1) is 0 Å². The van der Waals surface area contributed by atoms with Crippen LogP contribution in [-0.2, 0) is 6.42 Å². The van der Waals surface area contributed by atoms with Crippen LogP contribution >= 0.6 is 11.8 Å². The Morgan fingerprint density at radius 1 is 1.21 bits per heavy atom. The van der Waals surface area contributed by atoms with Gasteiger partial charge in [-0.3, -0.25) is 9.89 Å². The van der Waals surface area contributed by atoms with Crippen molar-refractivity contribution in [3.63, 3.8) is 0 Å². The van der Waals surface area contributed by atoms with Crippen LogP contribution in [0.5, 0.6) is 0 Å². The summed E-state index contributed by atoms with van der Waals surface area (Å²) < 4.78 is 1.64. The van der Waals surface area contributed by atoms with Crippen LogP contribution in [0.15, 0.2) is 29.1 Å². The highest BCUT2D eigenvalue weighted by atomic mass is 32.2. The number of thioether (sulfide) groups is 1. The lowest BCUT2D eigenvalue weighted by atomic mass is 10.2.